The van der Waals surface area contributed by atoms with Gasteiger partial charge in [-0.15, -0.1) is 0 Å². The maximum atomic E-state index is 12.4. The molecule has 0 unspecified atom stereocenters. The van der Waals surface area contributed by atoms with Crippen molar-refractivity contribution in [3.8, 4) is 5.75 Å². The molecule has 0 bridgehead atoms. The lowest BCUT2D eigenvalue weighted by atomic mass is 10.2. The lowest BCUT2D eigenvalue weighted by Crippen LogP contribution is -2.11. The van der Waals surface area contributed by atoms with Gasteiger partial charge >= 0.3 is 5.76 Å². The Labute approximate surface area is 135 Å². The van der Waals surface area contributed by atoms with Crippen LogP contribution in [0, 0.1) is 3.57 Å². The third kappa shape index (κ3) is 4.13. The van der Waals surface area contributed by atoms with Gasteiger partial charge in [0.2, 0.25) is 9.84 Å². The Bertz CT molecular complexity index is 698. The highest BCUT2D eigenvalue weighted by molar-refractivity contribution is 14.1. The molecule has 0 aliphatic heterocycles. The van der Waals surface area contributed by atoms with Gasteiger partial charge in [-0.25, -0.2) is 8.42 Å². The first-order valence-electron chi connectivity index (χ1n) is 5.89. The molecule has 2 aromatic carbocycles. The first-order valence-corrected chi connectivity index (χ1v) is 8.51. The highest BCUT2D eigenvalue weighted by Gasteiger charge is 2.26. The van der Waals surface area contributed by atoms with Gasteiger partial charge in [-0.2, -0.15) is 8.78 Å². The molecule has 7 heteroatoms. The van der Waals surface area contributed by atoms with Crippen molar-refractivity contribution in [2.75, 3.05) is 0 Å². The van der Waals surface area contributed by atoms with Crippen molar-refractivity contribution < 1.29 is 21.9 Å². The van der Waals surface area contributed by atoms with Gasteiger partial charge in [0.05, 0.1) is 4.90 Å². The van der Waals surface area contributed by atoms with Crippen molar-refractivity contribution in [3.63, 3.8) is 0 Å². The van der Waals surface area contributed by atoms with Gasteiger partial charge in [-0.3, -0.25) is 0 Å². The summed E-state index contributed by atoms with van der Waals surface area (Å²) in [5, 5.41) is 0. The van der Waals surface area contributed by atoms with E-state index in [-0.39, 0.29) is 6.61 Å². The number of halogens is 3. The molecule has 0 aromatic heterocycles. The van der Waals surface area contributed by atoms with E-state index >= 15 is 0 Å². The van der Waals surface area contributed by atoms with E-state index < -0.39 is 20.5 Å². The van der Waals surface area contributed by atoms with Gasteiger partial charge in [0, 0.05) is 3.57 Å². The van der Waals surface area contributed by atoms with E-state index in [1.807, 2.05) is 24.3 Å². The fourth-order valence-corrected chi connectivity index (χ4v) is 2.66. The molecular weight excluding hydrogens is 413 g/mol. The fraction of sp³-hybridized carbons (Fsp3) is 0.143. The maximum Gasteiger partial charge on any atom is 0.341 e. The third-order valence-electron chi connectivity index (χ3n) is 2.71. The molecule has 2 aromatic rings. The maximum absolute atomic E-state index is 12.4. The zero-order chi connectivity index (χ0) is 15.5. The van der Waals surface area contributed by atoms with E-state index in [2.05, 4.69) is 22.6 Å². The Balaban J connectivity index is 2.05. The SMILES string of the molecule is O=S(=O)(c1ccc(COc2ccc(I)cc2)cc1)C(F)F. The largest absolute Gasteiger partial charge is 0.489 e. The van der Waals surface area contributed by atoms with Crippen LogP contribution < -0.4 is 4.74 Å². The van der Waals surface area contributed by atoms with Crippen molar-refractivity contribution in [2.24, 2.45) is 0 Å². The number of sulfone groups is 1. The van der Waals surface area contributed by atoms with E-state index in [0.29, 0.717) is 11.3 Å². The third-order valence-corrected chi connectivity index (χ3v) is 4.82. The summed E-state index contributed by atoms with van der Waals surface area (Å²) in [5.74, 6) is -2.73. The van der Waals surface area contributed by atoms with Gasteiger partial charge in [0.25, 0.3) is 0 Å². The van der Waals surface area contributed by atoms with E-state index in [1.54, 1.807) is 0 Å². The number of hydrogen-bond acceptors (Lipinski definition) is 3. The molecule has 0 radical (unpaired) electrons. The summed E-state index contributed by atoms with van der Waals surface area (Å²) in [6.45, 7) is 0.232. The monoisotopic (exact) mass is 424 g/mol. The first kappa shape index (κ1) is 16.2. The van der Waals surface area contributed by atoms with Crippen molar-refractivity contribution in [1.29, 1.82) is 0 Å². The van der Waals surface area contributed by atoms with Crippen LogP contribution in [0.15, 0.2) is 53.4 Å². The molecule has 0 amide bonds. The minimum atomic E-state index is -4.54. The molecular formula is C14H11F2IO3S. The fourth-order valence-electron chi connectivity index (χ4n) is 1.58. The van der Waals surface area contributed by atoms with Crippen LogP contribution >= 0.6 is 22.6 Å². The minimum absolute atomic E-state index is 0.232. The predicted molar refractivity (Wildman–Crippen MR) is 83.1 cm³/mol. The summed E-state index contributed by atoms with van der Waals surface area (Å²) >= 11 is 2.18. The van der Waals surface area contributed by atoms with E-state index in [4.69, 9.17) is 4.74 Å². The predicted octanol–water partition coefficient (Wildman–Crippen LogP) is 3.87. The molecule has 0 atom stereocenters. The number of hydrogen-bond donors (Lipinski definition) is 0. The Morgan fingerprint density at radius 1 is 1.00 bits per heavy atom. The summed E-state index contributed by atoms with van der Waals surface area (Å²) in [6, 6.07) is 12.7. The number of benzene rings is 2. The molecule has 0 spiro atoms. The van der Waals surface area contributed by atoms with Gasteiger partial charge in [0.15, 0.2) is 0 Å². The average Bonchev–Trinajstić information content (AvgIpc) is 2.47. The smallest absolute Gasteiger partial charge is 0.341 e. The quantitative estimate of drug-likeness (QED) is 0.685. The van der Waals surface area contributed by atoms with Crippen molar-refractivity contribution >= 4 is 32.4 Å². The normalized spacial score (nSPS) is 11.6. The van der Waals surface area contributed by atoms with Crippen LogP contribution in [0.2, 0.25) is 0 Å². The Hall–Kier alpha value is -1.22. The molecule has 112 valence electrons. The van der Waals surface area contributed by atoms with Crippen LogP contribution in [-0.2, 0) is 16.4 Å². The zero-order valence-corrected chi connectivity index (χ0v) is 13.6. The van der Waals surface area contributed by atoms with Crippen LogP contribution in [0.3, 0.4) is 0 Å². The van der Waals surface area contributed by atoms with Crippen LogP contribution in [-0.4, -0.2) is 14.2 Å². The van der Waals surface area contributed by atoms with E-state index in [1.165, 1.54) is 12.1 Å². The van der Waals surface area contributed by atoms with Gasteiger partial charge in [-0.05, 0) is 64.6 Å². The Morgan fingerprint density at radius 2 is 1.57 bits per heavy atom. The molecule has 0 fully saturated rings. The van der Waals surface area contributed by atoms with Crippen LogP contribution in [0.5, 0.6) is 5.75 Å². The zero-order valence-electron chi connectivity index (χ0n) is 10.7. The lowest BCUT2D eigenvalue weighted by Gasteiger charge is -2.07. The van der Waals surface area contributed by atoms with Crippen molar-refractivity contribution in [2.45, 2.75) is 17.3 Å². The second kappa shape index (κ2) is 6.69. The molecule has 21 heavy (non-hydrogen) atoms. The number of rotatable bonds is 5. The highest BCUT2D eigenvalue weighted by Crippen LogP contribution is 2.20. The van der Waals surface area contributed by atoms with Crippen LogP contribution in [0.25, 0.3) is 0 Å². The van der Waals surface area contributed by atoms with Gasteiger partial charge < -0.3 is 4.74 Å². The molecule has 0 aliphatic carbocycles. The molecule has 0 N–H and O–H groups in total. The second-order valence-corrected chi connectivity index (χ2v) is 7.36. The molecule has 0 heterocycles. The Morgan fingerprint density at radius 3 is 2.10 bits per heavy atom. The first-order chi connectivity index (χ1) is 9.89. The number of alkyl halides is 2. The van der Waals surface area contributed by atoms with Crippen LogP contribution in [0.1, 0.15) is 5.56 Å². The standard InChI is InChI=1S/C14H11F2IO3S/c15-14(16)21(18,19)13-7-1-10(2-8-13)9-20-12-5-3-11(17)4-6-12/h1-8,14H,9H2. The minimum Gasteiger partial charge on any atom is -0.489 e. The Kier molecular flexibility index (Phi) is 5.15. The van der Waals surface area contributed by atoms with Crippen molar-refractivity contribution in [1.82, 2.24) is 0 Å². The summed E-state index contributed by atoms with van der Waals surface area (Å²) < 4.78 is 53.9. The van der Waals surface area contributed by atoms with Crippen LogP contribution in [0.4, 0.5) is 8.78 Å². The van der Waals surface area contributed by atoms with E-state index in [0.717, 1.165) is 15.7 Å². The molecule has 0 saturated carbocycles. The summed E-state index contributed by atoms with van der Waals surface area (Å²) in [6.07, 6.45) is 0. The molecule has 3 nitrogen and oxygen atoms in total. The lowest BCUT2D eigenvalue weighted by molar-refractivity contribution is 0.234. The number of ether oxygens (including phenoxy) is 1. The average molecular weight is 424 g/mol. The summed E-state index contributed by atoms with van der Waals surface area (Å²) in [7, 11) is -4.54. The van der Waals surface area contributed by atoms with E-state index in [9.17, 15) is 17.2 Å². The summed E-state index contributed by atoms with van der Waals surface area (Å²) in [4.78, 5) is -0.393. The second-order valence-electron chi connectivity index (χ2n) is 4.19. The van der Waals surface area contributed by atoms with Gasteiger partial charge in [0.1, 0.15) is 12.4 Å². The topological polar surface area (TPSA) is 43.4 Å². The van der Waals surface area contributed by atoms with Crippen molar-refractivity contribution in [3.05, 3.63) is 57.7 Å². The highest BCUT2D eigenvalue weighted by atomic mass is 127. The molecule has 2 rings (SSSR count). The van der Waals surface area contributed by atoms with Gasteiger partial charge in [-0.1, -0.05) is 12.1 Å². The molecule has 0 saturated heterocycles. The molecule has 0 aliphatic rings. The summed E-state index contributed by atoms with van der Waals surface area (Å²) in [5.41, 5.74) is 0.696.